The Hall–Kier alpha value is -3.55. The number of benzene rings is 2. The van der Waals surface area contributed by atoms with Crippen molar-refractivity contribution in [1.29, 1.82) is 0 Å². The van der Waals surface area contributed by atoms with Crippen molar-refractivity contribution in [2.75, 3.05) is 18.5 Å². The lowest BCUT2D eigenvalue weighted by molar-refractivity contribution is -0.120. The molecule has 0 bridgehead atoms. The highest BCUT2D eigenvalue weighted by molar-refractivity contribution is 5.93. The molecule has 0 aliphatic rings. The number of hydrogen-bond acceptors (Lipinski definition) is 5. The first-order valence-electron chi connectivity index (χ1n) is 7.96. The van der Waals surface area contributed by atoms with E-state index in [1.54, 1.807) is 42.5 Å². The zero-order valence-corrected chi connectivity index (χ0v) is 14.2. The Bertz CT molecular complexity index is 792. The monoisotopic (exact) mass is 356 g/mol. The van der Waals surface area contributed by atoms with Crippen LogP contribution in [0.4, 0.5) is 10.5 Å². The fourth-order valence-electron chi connectivity index (χ4n) is 1.99. The fraction of sp³-hybridized carbons (Fsp3) is 0.167. The molecule has 2 aromatic rings. The van der Waals surface area contributed by atoms with Crippen molar-refractivity contribution < 1.29 is 19.4 Å². The SMILES string of the molecule is CCOc1ccccc1NC(=O)NCC(=O)NN=Cc1ccccc1O. The van der Waals surface area contributed by atoms with Crippen molar-refractivity contribution in [2.45, 2.75) is 6.92 Å². The van der Waals surface area contributed by atoms with Crippen molar-refractivity contribution in [3.8, 4) is 11.5 Å². The second kappa shape index (κ2) is 9.67. The van der Waals surface area contributed by atoms with Gasteiger partial charge >= 0.3 is 6.03 Å². The number of para-hydroxylation sites is 3. The Morgan fingerprint density at radius 2 is 1.88 bits per heavy atom. The van der Waals surface area contributed by atoms with E-state index in [-0.39, 0.29) is 12.3 Å². The van der Waals surface area contributed by atoms with Crippen molar-refractivity contribution in [3.63, 3.8) is 0 Å². The van der Waals surface area contributed by atoms with Gasteiger partial charge in [-0.15, -0.1) is 0 Å². The predicted molar refractivity (Wildman–Crippen MR) is 98.5 cm³/mol. The summed E-state index contributed by atoms with van der Waals surface area (Å²) >= 11 is 0. The third-order valence-electron chi connectivity index (χ3n) is 3.17. The molecule has 8 nitrogen and oxygen atoms in total. The van der Waals surface area contributed by atoms with E-state index in [4.69, 9.17) is 4.74 Å². The summed E-state index contributed by atoms with van der Waals surface area (Å²) in [5.74, 6) is 0.0859. The van der Waals surface area contributed by atoms with Crippen molar-refractivity contribution in [2.24, 2.45) is 5.10 Å². The van der Waals surface area contributed by atoms with E-state index in [0.717, 1.165) is 0 Å². The molecule has 0 saturated heterocycles. The number of hydrogen-bond donors (Lipinski definition) is 4. The van der Waals surface area contributed by atoms with Crippen LogP contribution < -0.4 is 20.8 Å². The second-order valence-electron chi connectivity index (χ2n) is 5.09. The summed E-state index contributed by atoms with van der Waals surface area (Å²) in [7, 11) is 0. The summed E-state index contributed by atoms with van der Waals surface area (Å²) in [5, 5.41) is 18.3. The number of phenolic OH excluding ortho intramolecular Hbond substituents is 1. The van der Waals surface area contributed by atoms with Gasteiger partial charge in [-0.05, 0) is 31.2 Å². The Balaban J connectivity index is 1.78. The van der Waals surface area contributed by atoms with E-state index in [1.807, 2.05) is 6.92 Å². The molecule has 0 aliphatic carbocycles. The van der Waals surface area contributed by atoms with Crippen LogP contribution in [-0.4, -0.2) is 36.4 Å². The van der Waals surface area contributed by atoms with Crippen molar-refractivity contribution >= 4 is 23.8 Å². The molecule has 0 saturated carbocycles. The van der Waals surface area contributed by atoms with E-state index in [9.17, 15) is 14.7 Å². The number of nitrogens with zero attached hydrogens (tertiary/aromatic N) is 1. The van der Waals surface area contributed by atoms with Crippen LogP contribution in [0.25, 0.3) is 0 Å². The van der Waals surface area contributed by atoms with Crippen LogP contribution in [0.15, 0.2) is 53.6 Å². The Morgan fingerprint density at radius 3 is 2.65 bits per heavy atom. The van der Waals surface area contributed by atoms with Gasteiger partial charge in [0.05, 0.1) is 18.5 Å². The number of phenols is 1. The average Bonchev–Trinajstić information content (AvgIpc) is 2.63. The quantitative estimate of drug-likeness (QED) is 0.449. The summed E-state index contributed by atoms with van der Waals surface area (Å²) in [5.41, 5.74) is 3.23. The van der Waals surface area contributed by atoms with Crippen molar-refractivity contribution in [3.05, 3.63) is 54.1 Å². The van der Waals surface area contributed by atoms with Gasteiger partial charge in [0.15, 0.2) is 0 Å². The summed E-state index contributed by atoms with van der Waals surface area (Å²) in [6, 6.07) is 13.0. The van der Waals surface area contributed by atoms with E-state index < -0.39 is 11.9 Å². The van der Waals surface area contributed by atoms with Gasteiger partial charge in [0.25, 0.3) is 5.91 Å². The number of ether oxygens (including phenoxy) is 1. The van der Waals surface area contributed by atoms with Gasteiger partial charge in [0, 0.05) is 5.56 Å². The molecule has 0 fully saturated rings. The number of anilines is 1. The molecule has 26 heavy (non-hydrogen) atoms. The zero-order chi connectivity index (χ0) is 18.8. The van der Waals surface area contributed by atoms with E-state index in [1.165, 1.54) is 12.3 Å². The molecule has 0 atom stereocenters. The molecule has 0 spiro atoms. The Kier molecular flexibility index (Phi) is 6.99. The topological polar surface area (TPSA) is 112 Å². The van der Waals surface area contributed by atoms with Gasteiger partial charge in [-0.1, -0.05) is 24.3 Å². The molecule has 136 valence electrons. The third kappa shape index (κ3) is 5.82. The van der Waals surface area contributed by atoms with Crippen LogP contribution in [0.1, 0.15) is 12.5 Å². The number of urea groups is 1. The van der Waals surface area contributed by atoms with Crippen LogP contribution in [-0.2, 0) is 4.79 Å². The first-order chi connectivity index (χ1) is 12.6. The number of aromatic hydroxyl groups is 1. The van der Waals surface area contributed by atoms with Gasteiger partial charge in [0.1, 0.15) is 18.0 Å². The number of hydrazone groups is 1. The van der Waals surface area contributed by atoms with Crippen LogP contribution in [0.2, 0.25) is 0 Å². The molecule has 0 heterocycles. The van der Waals surface area contributed by atoms with Crippen LogP contribution in [0.3, 0.4) is 0 Å². The molecule has 3 amide bonds. The highest BCUT2D eigenvalue weighted by atomic mass is 16.5. The lowest BCUT2D eigenvalue weighted by atomic mass is 10.2. The molecular formula is C18H20N4O4. The maximum atomic E-state index is 11.9. The first-order valence-corrected chi connectivity index (χ1v) is 7.96. The zero-order valence-electron chi connectivity index (χ0n) is 14.2. The number of amides is 3. The summed E-state index contributed by atoms with van der Waals surface area (Å²) < 4.78 is 5.41. The molecule has 4 N–H and O–H groups in total. The minimum absolute atomic E-state index is 0.0518. The lowest BCUT2D eigenvalue weighted by Gasteiger charge is -2.11. The maximum Gasteiger partial charge on any atom is 0.319 e. The minimum atomic E-state index is -0.544. The first kappa shape index (κ1) is 18.8. The van der Waals surface area contributed by atoms with E-state index in [0.29, 0.717) is 23.6 Å². The Labute approximate surface area is 150 Å². The maximum absolute atomic E-state index is 11.9. The van der Waals surface area contributed by atoms with Gasteiger partial charge in [-0.25, -0.2) is 10.2 Å². The molecule has 0 aliphatic heterocycles. The third-order valence-corrected chi connectivity index (χ3v) is 3.17. The van der Waals surface area contributed by atoms with Gasteiger partial charge in [0.2, 0.25) is 0 Å². The molecule has 2 aromatic carbocycles. The fourth-order valence-corrected chi connectivity index (χ4v) is 1.99. The number of rotatable bonds is 7. The number of carbonyl (C=O) groups is 2. The number of carbonyl (C=O) groups excluding carboxylic acids is 2. The smallest absolute Gasteiger partial charge is 0.319 e. The molecule has 0 aromatic heterocycles. The second-order valence-corrected chi connectivity index (χ2v) is 5.09. The average molecular weight is 356 g/mol. The van der Waals surface area contributed by atoms with Crippen LogP contribution in [0.5, 0.6) is 11.5 Å². The highest BCUT2D eigenvalue weighted by Crippen LogP contribution is 2.23. The van der Waals surface area contributed by atoms with Gasteiger partial charge in [-0.3, -0.25) is 4.79 Å². The number of nitrogens with one attached hydrogen (secondary N) is 3. The standard InChI is InChI=1S/C18H20N4O4/c1-2-26-16-10-6-4-8-14(16)21-18(25)19-12-17(24)22-20-11-13-7-3-5-9-15(13)23/h3-11,23H,2,12H2,1H3,(H,22,24)(H2,19,21,25). The molecule has 0 radical (unpaired) electrons. The Morgan fingerprint density at radius 1 is 1.15 bits per heavy atom. The lowest BCUT2D eigenvalue weighted by Crippen LogP contribution is -2.37. The molecule has 8 heteroatoms. The molecule has 2 rings (SSSR count). The summed E-state index contributed by atoms with van der Waals surface area (Å²) in [6.45, 7) is 2.05. The van der Waals surface area contributed by atoms with E-state index >= 15 is 0 Å². The van der Waals surface area contributed by atoms with Gasteiger partial charge in [-0.2, -0.15) is 5.10 Å². The normalized spacial score (nSPS) is 10.3. The minimum Gasteiger partial charge on any atom is -0.507 e. The van der Waals surface area contributed by atoms with Gasteiger partial charge < -0.3 is 20.5 Å². The summed E-state index contributed by atoms with van der Waals surface area (Å²) in [4.78, 5) is 23.6. The van der Waals surface area contributed by atoms with Crippen LogP contribution in [0, 0.1) is 0 Å². The molecule has 0 unspecified atom stereocenters. The predicted octanol–water partition coefficient (Wildman–Crippen LogP) is 2.06. The largest absolute Gasteiger partial charge is 0.507 e. The van der Waals surface area contributed by atoms with Crippen molar-refractivity contribution in [1.82, 2.24) is 10.7 Å². The summed E-state index contributed by atoms with van der Waals surface area (Å²) in [6.07, 6.45) is 1.31. The van der Waals surface area contributed by atoms with E-state index in [2.05, 4.69) is 21.2 Å². The molecular weight excluding hydrogens is 336 g/mol. The highest BCUT2D eigenvalue weighted by Gasteiger charge is 2.08. The van der Waals surface area contributed by atoms with Crippen LogP contribution >= 0.6 is 0 Å².